The minimum absolute atomic E-state index is 0.224. The first-order valence-corrected chi connectivity index (χ1v) is 7.50. The van der Waals surface area contributed by atoms with Crippen LogP contribution in [-0.4, -0.2) is 15.5 Å². The van der Waals surface area contributed by atoms with Crippen LogP contribution in [0, 0.1) is 5.82 Å². The molecule has 0 saturated carbocycles. The number of rotatable bonds is 5. The quantitative estimate of drug-likeness (QED) is 0.733. The van der Waals surface area contributed by atoms with Gasteiger partial charge in [0.1, 0.15) is 5.82 Å². The van der Waals surface area contributed by atoms with E-state index in [0.29, 0.717) is 11.3 Å². The van der Waals surface area contributed by atoms with Crippen LogP contribution in [0.15, 0.2) is 73.3 Å². The van der Waals surface area contributed by atoms with Gasteiger partial charge in [0.15, 0.2) is 0 Å². The third-order valence-corrected chi connectivity index (χ3v) is 3.49. The van der Waals surface area contributed by atoms with Crippen molar-refractivity contribution in [2.75, 3.05) is 0 Å². The zero-order valence-corrected chi connectivity index (χ0v) is 12.9. The number of hydrogen-bond acceptors (Lipinski definition) is 2. The monoisotopic (exact) mass is 321 g/mol. The lowest BCUT2D eigenvalue weighted by molar-refractivity contribution is -0.116. The number of imidazole rings is 1. The summed E-state index contributed by atoms with van der Waals surface area (Å²) in [4.78, 5) is 15.7. The molecule has 0 atom stereocenters. The predicted octanol–water partition coefficient (Wildman–Crippen LogP) is 3.34. The van der Waals surface area contributed by atoms with Gasteiger partial charge in [-0.15, -0.1) is 0 Å². The summed E-state index contributed by atoms with van der Waals surface area (Å²) in [6.45, 7) is 0.263. The molecule has 3 aromatic rings. The molecule has 3 rings (SSSR count). The van der Waals surface area contributed by atoms with Crippen LogP contribution < -0.4 is 5.32 Å². The minimum atomic E-state index is -0.362. The van der Waals surface area contributed by atoms with Crippen LogP contribution in [0.5, 0.6) is 0 Å². The molecule has 4 nitrogen and oxygen atoms in total. The third kappa shape index (κ3) is 3.95. The van der Waals surface area contributed by atoms with Gasteiger partial charge in [-0.3, -0.25) is 4.79 Å². The average molecular weight is 321 g/mol. The van der Waals surface area contributed by atoms with Crippen LogP contribution in [0.3, 0.4) is 0 Å². The molecule has 0 unspecified atom stereocenters. The van der Waals surface area contributed by atoms with Crippen molar-refractivity contribution >= 4 is 12.0 Å². The summed E-state index contributed by atoms with van der Waals surface area (Å²) in [7, 11) is 0. The Morgan fingerprint density at radius 2 is 2.04 bits per heavy atom. The van der Waals surface area contributed by atoms with Crippen molar-refractivity contribution in [3.63, 3.8) is 0 Å². The Balaban J connectivity index is 1.59. The lowest BCUT2D eigenvalue weighted by Gasteiger charge is -2.07. The fourth-order valence-corrected chi connectivity index (χ4v) is 2.26. The number of nitrogens with zero attached hydrogens (tertiary/aromatic N) is 2. The van der Waals surface area contributed by atoms with Crippen LogP contribution in [0.2, 0.25) is 0 Å². The van der Waals surface area contributed by atoms with Crippen molar-refractivity contribution in [2.45, 2.75) is 6.54 Å². The summed E-state index contributed by atoms with van der Waals surface area (Å²) in [5, 5.41) is 2.74. The van der Waals surface area contributed by atoms with E-state index in [9.17, 15) is 9.18 Å². The van der Waals surface area contributed by atoms with Gasteiger partial charge in [-0.1, -0.05) is 36.4 Å². The molecule has 0 spiro atoms. The van der Waals surface area contributed by atoms with Crippen molar-refractivity contribution in [3.8, 4) is 5.69 Å². The van der Waals surface area contributed by atoms with E-state index in [-0.39, 0.29) is 18.3 Å². The maximum atomic E-state index is 14.1. The summed E-state index contributed by atoms with van der Waals surface area (Å²) in [6.07, 6.45) is 8.00. The first kappa shape index (κ1) is 15.7. The Labute approximate surface area is 139 Å². The van der Waals surface area contributed by atoms with E-state index in [0.717, 1.165) is 5.56 Å². The Bertz CT molecular complexity index is 842. The Morgan fingerprint density at radius 1 is 1.21 bits per heavy atom. The van der Waals surface area contributed by atoms with Crippen molar-refractivity contribution in [1.29, 1.82) is 0 Å². The smallest absolute Gasteiger partial charge is 0.244 e. The van der Waals surface area contributed by atoms with Gasteiger partial charge < -0.3 is 9.88 Å². The molecule has 0 aliphatic carbocycles. The molecular weight excluding hydrogens is 305 g/mol. The molecule has 0 radical (unpaired) electrons. The van der Waals surface area contributed by atoms with E-state index >= 15 is 0 Å². The van der Waals surface area contributed by atoms with E-state index in [1.165, 1.54) is 18.5 Å². The maximum Gasteiger partial charge on any atom is 0.244 e. The SMILES string of the molecule is O=C(/C=C/c1ccccc1)NCc1ccc(-n2ccnc2)c(F)c1. The Hall–Kier alpha value is -3.21. The largest absolute Gasteiger partial charge is 0.348 e. The molecule has 1 amide bonds. The second kappa shape index (κ2) is 7.37. The summed E-state index contributed by atoms with van der Waals surface area (Å²) >= 11 is 0. The third-order valence-electron chi connectivity index (χ3n) is 3.49. The molecule has 5 heteroatoms. The van der Waals surface area contributed by atoms with E-state index in [1.807, 2.05) is 30.3 Å². The Kier molecular flexibility index (Phi) is 4.81. The van der Waals surface area contributed by atoms with Gasteiger partial charge >= 0.3 is 0 Å². The molecule has 0 bridgehead atoms. The van der Waals surface area contributed by atoms with Gasteiger partial charge in [0.2, 0.25) is 5.91 Å². The van der Waals surface area contributed by atoms with Gasteiger partial charge in [-0.05, 0) is 29.3 Å². The summed E-state index contributed by atoms with van der Waals surface area (Å²) in [5.41, 5.74) is 2.06. The first-order valence-electron chi connectivity index (χ1n) is 7.50. The second-order valence-corrected chi connectivity index (χ2v) is 5.22. The van der Waals surface area contributed by atoms with Crippen molar-refractivity contribution in [2.24, 2.45) is 0 Å². The van der Waals surface area contributed by atoms with Crippen LogP contribution in [0.4, 0.5) is 4.39 Å². The molecular formula is C19H16FN3O. The summed E-state index contributed by atoms with van der Waals surface area (Å²) in [6, 6.07) is 14.4. The van der Waals surface area contributed by atoms with Crippen LogP contribution in [0.25, 0.3) is 11.8 Å². The lowest BCUT2D eigenvalue weighted by Crippen LogP contribution is -2.20. The highest BCUT2D eigenvalue weighted by molar-refractivity contribution is 5.91. The van der Waals surface area contributed by atoms with Crippen LogP contribution in [-0.2, 0) is 11.3 Å². The Morgan fingerprint density at radius 3 is 2.75 bits per heavy atom. The topological polar surface area (TPSA) is 46.9 Å². The average Bonchev–Trinajstić information content (AvgIpc) is 3.13. The number of benzene rings is 2. The van der Waals surface area contributed by atoms with Gasteiger partial charge in [0.25, 0.3) is 0 Å². The summed E-state index contributed by atoms with van der Waals surface area (Å²) < 4.78 is 15.7. The highest BCUT2D eigenvalue weighted by Crippen LogP contribution is 2.14. The molecule has 0 aliphatic heterocycles. The molecule has 1 aromatic heterocycles. The maximum absolute atomic E-state index is 14.1. The van der Waals surface area contributed by atoms with Gasteiger partial charge in [0, 0.05) is 25.0 Å². The molecule has 24 heavy (non-hydrogen) atoms. The number of hydrogen-bond donors (Lipinski definition) is 1. The number of amides is 1. The molecule has 2 aromatic carbocycles. The fourth-order valence-electron chi connectivity index (χ4n) is 2.26. The van der Waals surface area contributed by atoms with Crippen molar-refractivity contribution < 1.29 is 9.18 Å². The number of carbonyl (C=O) groups excluding carboxylic acids is 1. The van der Waals surface area contributed by atoms with E-state index in [2.05, 4.69) is 10.3 Å². The van der Waals surface area contributed by atoms with Crippen molar-refractivity contribution in [1.82, 2.24) is 14.9 Å². The zero-order valence-electron chi connectivity index (χ0n) is 12.9. The van der Waals surface area contributed by atoms with Crippen LogP contribution in [0.1, 0.15) is 11.1 Å². The molecule has 0 aliphatic rings. The van der Waals surface area contributed by atoms with Gasteiger partial charge in [-0.2, -0.15) is 0 Å². The standard InChI is InChI=1S/C19H16FN3O/c20-17-12-16(6-8-18(17)23-11-10-21-14-23)13-22-19(24)9-7-15-4-2-1-3-5-15/h1-12,14H,13H2,(H,22,24)/b9-7+. The van der Waals surface area contributed by atoms with E-state index in [1.54, 1.807) is 35.2 Å². The minimum Gasteiger partial charge on any atom is -0.348 e. The van der Waals surface area contributed by atoms with Gasteiger partial charge in [-0.25, -0.2) is 9.37 Å². The van der Waals surface area contributed by atoms with Crippen molar-refractivity contribution in [3.05, 3.63) is 90.3 Å². The number of nitrogens with one attached hydrogen (secondary N) is 1. The normalized spacial score (nSPS) is 10.9. The number of halogens is 1. The van der Waals surface area contributed by atoms with Crippen LogP contribution >= 0.6 is 0 Å². The van der Waals surface area contributed by atoms with Gasteiger partial charge in [0.05, 0.1) is 12.0 Å². The highest BCUT2D eigenvalue weighted by atomic mass is 19.1. The zero-order chi connectivity index (χ0) is 16.8. The van der Waals surface area contributed by atoms with E-state index in [4.69, 9.17) is 0 Å². The molecule has 120 valence electrons. The highest BCUT2D eigenvalue weighted by Gasteiger charge is 2.06. The number of carbonyl (C=O) groups is 1. The fraction of sp³-hybridized carbons (Fsp3) is 0.0526. The first-order chi connectivity index (χ1) is 11.7. The second-order valence-electron chi connectivity index (χ2n) is 5.22. The predicted molar refractivity (Wildman–Crippen MR) is 90.8 cm³/mol. The van der Waals surface area contributed by atoms with E-state index < -0.39 is 0 Å². The summed E-state index contributed by atoms with van der Waals surface area (Å²) in [5.74, 6) is -0.586. The molecule has 1 heterocycles. The number of aromatic nitrogens is 2. The lowest BCUT2D eigenvalue weighted by atomic mass is 10.2. The molecule has 0 fully saturated rings. The molecule has 0 saturated heterocycles. The molecule has 1 N–H and O–H groups in total.